The lowest BCUT2D eigenvalue weighted by Gasteiger charge is -2.30. The van der Waals surface area contributed by atoms with Crippen LogP contribution < -0.4 is 0 Å². The van der Waals surface area contributed by atoms with Crippen molar-refractivity contribution in [1.29, 1.82) is 0 Å². The van der Waals surface area contributed by atoms with Crippen molar-refractivity contribution < 1.29 is 13.6 Å². The maximum Gasteiger partial charge on any atom is 0.219 e. The van der Waals surface area contributed by atoms with Crippen molar-refractivity contribution in [3.05, 3.63) is 70.3 Å². The highest BCUT2D eigenvalue weighted by atomic mass is 19.2. The van der Waals surface area contributed by atoms with Crippen LogP contribution in [0, 0.1) is 37.3 Å². The number of aryl methyl sites for hydroxylation is 2. The summed E-state index contributed by atoms with van der Waals surface area (Å²) in [6.45, 7) is 7.99. The van der Waals surface area contributed by atoms with Crippen molar-refractivity contribution in [2.75, 3.05) is 19.6 Å². The molecule has 2 heterocycles. The number of benzene rings is 2. The maximum atomic E-state index is 14.3. The summed E-state index contributed by atoms with van der Waals surface area (Å²) in [6, 6.07) is 11.6. The van der Waals surface area contributed by atoms with Gasteiger partial charge in [-0.3, -0.25) is 9.69 Å². The number of carbonyl (C=O) groups is 1. The minimum absolute atomic E-state index is 0.0494. The van der Waals surface area contributed by atoms with Gasteiger partial charge < -0.3 is 4.90 Å². The maximum absolute atomic E-state index is 14.3. The number of amides is 1. The molecule has 2 aliphatic rings. The molecule has 3 nitrogen and oxygen atoms in total. The minimum atomic E-state index is -0.752. The normalized spacial score (nSPS) is 24.6. The topological polar surface area (TPSA) is 23.6 Å². The number of rotatable bonds is 3. The average Bonchev–Trinajstić information content (AvgIpc) is 3.20. The van der Waals surface area contributed by atoms with Gasteiger partial charge in [-0.25, -0.2) is 8.78 Å². The van der Waals surface area contributed by atoms with E-state index in [1.54, 1.807) is 26.0 Å². The molecular weight excluding hydrogens is 358 g/mol. The van der Waals surface area contributed by atoms with Gasteiger partial charge in [-0.15, -0.1) is 0 Å². The molecular formula is C23H26F2N2O. The number of carbonyl (C=O) groups excluding carboxylic acids is 1. The molecule has 3 atom stereocenters. The molecule has 2 aromatic carbocycles. The second-order valence-electron chi connectivity index (χ2n) is 8.26. The Hall–Kier alpha value is -2.27. The van der Waals surface area contributed by atoms with Gasteiger partial charge in [0.1, 0.15) is 0 Å². The zero-order valence-electron chi connectivity index (χ0n) is 16.6. The Morgan fingerprint density at radius 3 is 2.46 bits per heavy atom. The van der Waals surface area contributed by atoms with E-state index in [0.29, 0.717) is 29.5 Å². The molecule has 5 heteroatoms. The lowest BCUT2D eigenvalue weighted by atomic mass is 9.87. The number of hydrogen-bond donors (Lipinski definition) is 0. The Labute approximate surface area is 165 Å². The van der Waals surface area contributed by atoms with E-state index >= 15 is 0 Å². The summed E-state index contributed by atoms with van der Waals surface area (Å²) in [7, 11) is 0. The predicted octanol–water partition coefficient (Wildman–Crippen LogP) is 4.23. The third-order valence-corrected chi connectivity index (χ3v) is 6.40. The minimum Gasteiger partial charge on any atom is -0.335 e. The molecule has 148 valence electrons. The van der Waals surface area contributed by atoms with E-state index in [1.807, 2.05) is 17.0 Å². The van der Waals surface area contributed by atoms with Gasteiger partial charge in [0.05, 0.1) is 6.04 Å². The van der Waals surface area contributed by atoms with Gasteiger partial charge in [-0.2, -0.15) is 0 Å². The number of likely N-dealkylation sites (tertiary alicyclic amines) is 2. The Bertz CT molecular complexity index is 913. The van der Waals surface area contributed by atoms with Crippen LogP contribution in [-0.2, 0) is 11.3 Å². The highest BCUT2D eigenvalue weighted by Gasteiger charge is 2.48. The second kappa shape index (κ2) is 7.28. The van der Waals surface area contributed by atoms with Gasteiger partial charge in [0.15, 0.2) is 11.6 Å². The summed E-state index contributed by atoms with van der Waals surface area (Å²) in [5.74, 6) is -0.730. The van der Waals surface area contributed by atoms with E-state index < -0.39 is 11.6 Å². The van der Waals surface area contributed by atoms with Crippen LogP contribution in [0.2, 0.25) is 0 Å². The van der Waals surface area contributed by atoms with E-state index in [2.05, 4.69) is 24.0 Å². The van der Waals surface area contributed by atoms with Gasteiger partial charge in [-0.1, -0.05) is 36.4 Å². The van der Waals surface area contributed by atoms with Crippen LogP contribution in [0.15, 0.2) is 36.4 Å². The summed E-state index contributed by atoms with van der Waals surface area (Å²) in [5, 5.41) is 0. The monoisotopic (exact) mass is 384 g/mol. The molecule has 0 radical (unpaired) electrons. The molecule has 28 heavy (non-hydrogen) atoms. The summed E-state index contributed by atoms with van der Waals surface area (Å²) in [6.07, 6.45) is 0. The van der Waals surface area contributed by atoms with Crippen molar-refractivity contribution in [1.82, 2.24) is 9.80 Å². The number of hydrogen-bond acceptors (Lipinski definition) is 2. The van der Waals surface area contributed by atoms with Gasteiger partial charge in [0.2, 0.25) is 5.91 Å². The zero-order valence-corrected chi connectivity index (χ0v) is 16.6. The largest absolute Gasteiger partial charge is 0.335 e. The van der Waals surface area contributed by atoms with E-state index in [9.17, 15) is 13.6 Å². The summed E-state index contributed by atoms with van der Waals surface area (Å²) in [5.41, 5.74) is 3.11. The first-order valence-corrected chi connectivity index (χ1v) is 9.85. The SMILES string of the molecule is CC(=O)N1C[C@H]2CN(Cc3ccc(C)c(F)c3F)C[C@H]2[C@@H]1c1ccccc1C. The summed E-state index contributed by atoms with van der Waals surface area (Å²) < 4.78 is 28.2. The fourth-order valence-corrected chi connectivity index (χ4v) is 4.96. The fourth-order valence-electron chi connectivity index (χ4n) is 4.96. The van der Waals surface area contributed by atoms with Crippen molar-refractivity contribution in [3.63, 3.8) is 0 Å². The highest BCUT2D eigenvalue weighted by Crippen LogP contribution is 2.46. The van der Waals surface area contributed by atoms with Crippen LogP contribution in [-0.4, -0.2) is 35.3 Å². The molecule has 1 amide bonds. The van der Waals surface area contributed by atoms with Crippen molar-refractivity contribution in [2.45, 2.75) is 33.4 Å². The highest BCUT2D eigenvalue weighted by molar-refractivity contribution is 5.74. The van der Waals surface area contributed by atoms with Gasteiger partial charge in [-0.05, 0) is 36.5 Å². The van der Waals surface area contributed by atoms with Crippen molar-refractivity contribution in [3.8, 4) is 0 Å². The lowest BCUT2D eigenvalue weighted by molar-refractivity contribution is -0.130. The number of fused-ring (bicyclic) bond motifs is 1. The average molecular weight is 384 g/mol. The van der Waals surface area contributed by atoms with Crippen LogP contribution in [0.5, 0.6) is 0 Å². The number of halogens is 2. The van der Waals surface area contributed by atoms with Gasteiger partial charge in [0, 0.05) is 44.6 Å². The van der Waals surface area contributed by atoms with E-state index in [-0.39, 0.29) is 11.9 Å². The molecule has 4 rings (SSSR count). The molecule has 0 bridgehead atoms. The Balaban J connectivity index is 1.58. The molecule has 2 fully saturated rings. The molecule has 0 spiro atoms. The van der Waals surface area contributed by atoms with Crippen molar-refractivity contribution in [2.24, 2.45) is 11.8 Å². The van der Waals surface area contributed by atoms with Crippen molar-refractivity contribution >= 4 is 5.91 Å². The van der Waals surface area contributed by atoms with Gasteiger partial charge >= 0.3 is 0 Å². The fraction of sp³-hybridized carbons (Fsp3) is 0.435. The summed E-state index contributed by atoms with van der Waals surface area (Å²) >= 11 is 0. The smallest absolute Gasteiger partial charge is 0.219 e. The molecule has 0 saturated carbocycles. The first-order chi connectivity index (χ1) is 13.4. The van der Waals surface area contributed by atoms with Crippen LogP contribution in [0.1, 0.15) is 35.2 Å². The molecule has 2 saturated heterocycles. The molecule has 2 aliphatic heterocycles. The van der Waals surface area contributed by atoms with Crippen LogP contribution >= 0.6 is 0 Å². The lowest BCUT2D eigenvalue weighted by Crippen LogP contribution is -2.34. The Morgan fingerprint density at radius 2 is 1.75 bits per heavy atom. The summed E-state index contributed by atoms with van der Waals surface area (Å²) in [4.78, 5) is 16.5. The third kappa shape index (κ3) is 3.22. The first-order valence-electron chi connectivity index (χ1n) is 9.85. The van der Waals surface area contributed by atoms with Crippen LogP contribution in [0.3, 0.4) is 0 Å². The van der Waals surface area contributed by atoms with E-state index in [1.165, 1.54) is 11.1 Å². The predicted molar refractivity (Wildman–Crippen MR) is 105 cm³/mol. The third-order valence-electron chi connectivity index (χ3n) is 6.40. The van der Waals surface area contributed by atoms with E-state index in [4.69, 9.17) is 0 Å². The standard InChI is InChI=1S/C23H26F2N2O/c1-14-6-4-5-7-19(14)23-20-13-26(11-18(20)12-27(23)16(3)28)10-17-9-8-15(2)21(24)22(17)25/h4-9,18,20,23H,10-13H2,1-3H3/t18-,20-,23+/m1/s1. The molecule has 0 unspecified atom stereocenters. The quantitative estimate of drug-likeness (QED) is 0.791. The van der Waals surface area contributed by atoms with Gasteiger partial charge in [0.25, 0.3) is 0 Å². The molecule has 2 aromatic rings. The molecule has 0 aromatic heterocycles. The zero-order chi connectivity index (χ0) is 20.0. The Morgan fingerprint density at radius 1 is 1.00 bits per heavy atom. The molecule has 0 N–H and O–H groups in total. The van der Waals surface area contributed by atoms with E-state index in [0.717, 1.165) is 19.6 Å². The molecule has 0 aliphatic carbocycles. The Kier molecular flexibility index (Phi) is 4.96. The van der Waals surface area contributed by atoms with Crippen LogP contribution in [0.25, 0.3) is 0 Å². The van der Waals surface area contributed by atoms with Crippen LogP contribution in [0.4, 0.5) is 8.78 Å². The second-order valence-corrected chi connectivity index (χ2v) is 8.26. The first kappa shape index (κ1) is 19.1. The number of nitrogens with zero attached hydrogens (tertiary/aromatic N) is 2.